The first-order valence-electron chi connectivity index (χ1n) is 13.1. The van der Waals surface area contributed by atoms with Crippen molar-refractivity contribution in [3.63, 3.8) is 0 Å². The zero-order valence-corrected chi connectivity index (χ0v) is 24.9. The zero-order valence-electron chi connectivity index (χ0n) is 22.5. The summed E-state index contributed by atoms with van der Waals surface area (Å²) in [6.07, 6.45) is 4.43. The molecule has 3 N–H and O–H groups in total. The van der Waals surface area contributed by atoms with Crippen molar-refractivity contribution in [1.29, 1.82) is 0 Å². The summed E-state index contributed by atoms with van der Waals surface area (Å²) in [5.74, 6) is 0. The normalized spacial score (nSPS) is 21.9. The first-order chi connectivity index (χ1) is 18.6. The van der Waals surface area contributed by atoms with Crippen LogP contribution in [0, 0.1) is 0 Å². The minimum absolute atomic E-state index is 0. The van der Waals surface area contributed by atoms with Crippen LogP contribution in [0.4, 0.5) is 16.0 Å². The topological polar surface area (TPSA) is 61.8 Å². The van der Waals surface area contributed by atoms with Gasteiger partial charge in [-0.3, -0.25) is 4.99 Å². The first kappa shape index (κ1) is 38.6. The molecule has 0 amide bonds. The predicted octanol–water partition coefficient (Wildman–Crippen LogP) is 9.03. The maximum Gasteiger partial charge on any atom is 0.278 e. The number of aliphatic hydroxyl groups excluding tert-OH is 1. The number of benzene rings is 2. The van der Waals surface area contributed by atoms with Gasteiger partial charge in [-0.1, -0.05) is 81.9 Å². The van der Waals surface area contributed by atoms with E-state index in [-0.39, 0.29) is 44.0 Å². The highest BCUT2D eigenvalue weighted by Gasteiger charge is 2.28. The van der Waals surface area contributed by atoms with Gasteiger partial charge in [0, 0.05) is 30.3 Å². The standard InChI is InChI=1S/C18H19NO.C5H10FN.C4H10F3NS.CH2Cl2.CH4/c20-17-13-7-12-16(17)19-18(14-8-3-1-4-9-14)15-10-5-2-6-11-15;6-4-2-1-3-5(4)7;1-3-8(4-2)9(5,6)7;2-1-3;/h1-6,8-11,16-17,20H,7,12-13H2;4-5H,1-3,7H2;3-4H2,1-2H3;1H2;1H4/t16-,17-;4-,5+;;;/m10.../s1. The van der Waals surface area contributed by atoms with E-state index in [9.17, 15) is 21.2 Å². The molecule has 0 aliphatic heterocycles. The highest BCUT2D eigenvalue weighted by Crippen LogP contribution is 2.56. The van der Waals surface area contributed by atoms with Gasteiger partial charge in [0.2, 0.25) is 0 Å². The summed E-state index contributed by atoms with van der Waals surface area (Å²) in [5.41, 5.74) is 8.50. The molecular weight excluding hydrogens is 585 g/mol. The Hall–Kier alpha value is -1.36. The van der Waals surface area contributed by atoms with Crippen molar-refractivity contribution in [3.05, 3.63) is 71.8 Å². The van der Waals surface area contributed by atoms with Crippen LogP contribution in [0.3, 0.4) is 0 Å². The van der Waals surface area contributed by atoms with Gasteiger partial charge in [0.1, 0.15) is 6.17 Å². The number of nitrogens with two attached hydrogens (primary N) is 1. The smallest absolute Gasteiger partial charge is 0.278 e. The lowest BCUT2D eigenvalue weighted by molar-refractivity contribution is 0.166. The summed E-state index contributed by atoms with van der Waals surface area (Å²) >= 11 is 4.60. The molecule has 40 heavy (non-hydrogen) atoms. The fraction of sp³-hybridized carbons (Fsp3) is 0.552. The third-order valence-electron chi connectivity index (χ3n) is 6.31. The first-order valence-corrected chi connectivity index (χ1v) is 15.5. The molecule has 0 saturated heterocycles. The van der Waals surface area contributed by atoms with Crippen LogP contribution in [0.25, 0.3) is 0 Å². The molecule has 4 rings (SSSR count). The lowest BCUT2D eigenvalue weighted by Gasteiger charge is -2.23. The van der Waals surface area contributed by atoms with Gasteiger partial charge in [-0.15, -0.1) is 34.9 Å². The second kappa shape index (κ2) is 21.4. The Labute approximate surface area is 250 Å². The fourth-order valence-corrected chi connectivity index (χ4v) is 4.79. The second-order valence-corrected chi connectivity index (χ2v) is 11.1. The van der Waals surface area contributed by atoms with Crippen LogP contribution in [-0.4, -0.2) is 57.9 Å². The van der Waals surface area contributed by atoms with Gasteiger partial charge in [-0.05, 0) is 38.5 Å². The van der Waals surface area contributed by atoms with E-state index in [1.165, 1.54) is 13.8 Å². The lowest BCUT2D eigenvalue weighted by atomic mass is 10.0. The maximum absolute atomic E-state index is 12.2. The Morgan fingerprint density at radius 2 is 1.35 bits per heavy atom. The van der Waals surface area contributed by atoms with Crippen molar-refractivity contribution in [1.82, 2.24) is 4.31 Å². The van der Waals surface area contributed by atoms with Gasteiger partial charge in [0.15, 0.2) is 0 Å². The van der Waals surface area contributed by atoms with Crippen LogP contribution in [0.5, 0.6) is 0 Å². The van der Waals surface area contributed by atoms with Gasteiger partial charge in [-0.25, -0.2) is 4.39 Å². The number of aliphatic hydroxyl groups is 1. The van der Waals surface area contributed by atoms with E-state index in [1.54, 1.807) is 0 Å². The summed E-state index contributed by atoms with van der Waals surface area (Å²) in [6, 6.07) is 20.3. The lowest BCUT2D eigenvalue weighted by Crippen LogP contribution is -2.24. The molecule has 2 aliphatic carbocycles. The molecule has 2 aromatic rings. The molecule has 2 saturated carbocycles. The Kier molecular flexibility index (Phi) is 20.6. The molecule has 0 radical (unpaired) electrons. The predicted molar refractivity (Wildman–Crippen MR) is 166 cm³/mol. The van der Waals surface area contributed by atoms with Gasteiger partial charge in [0.25, 0.3) is 11.4 Å². The molecule has 2 aliphatic rings. The van der Waals surface area contributed by atoms with Crippen molar-refractivity contribution in [2.24, 2.45) is 10.7 Å². The molecular formula is C29H45Cl2F4N3OS. The highest BCUT2D eigenvalue weighted by atomic mass is 35.5. The molecule has 0 aromatic heterocycles. The molecule has 2 fully saturated rings. The average Bonchev–Trinajstić information content (AvgIpc) is 3.51. The minimum atomic E-state index is -4.93. The number of aliphatic imine (C=N–C) groups is 1. The minimum Gasteiger partial charge on any atom is -0.391 e. The van der Waals surface area contributed by atoms with Crippen LogP contribution in [0.1, 0.15) is 70.9 Å². The van der Waals surface area contributed by atoms with E-state index in [1.807, 2.05) is 36.4 Å². The summed E-state index contributed by atoms with van der Waals surface area (Å²) in [4.78, 5) is 4.86. The fourth-order valence-electron chi connectivity index (χ4n) is 4.20. The largest absolute Gasteiger partial charge is 0.391 e. The number of halogens is 6. The van der Waals surface area contributed by atoms with Gasteiger partial charge >= 0.3 is 0 Å². The molecule has 2 aromatic carbocycles. The van der Waals surface area contributed by atoms with Crippen molar-refractivity contribution in [3.8, 4) is 0 Å². The van der Waals surface area contributed by atoms with Crippen LogP contribution in [-0.2, 0) is 0 Å². The van der Waals surface area contributed by atoms with E-state index in [0.29, 0.717) is 10.7 Å². The Morgan fingerprint density at radius 1 is 0.900 bits per heavy atom. The van der Waals surface area contributed by atoms with Gasteiger partial charge in [0.05, 0.1) is 23.2 Å². The van der Waals surface area contributed by atoms with E-state index in [2.05, 4.69) is 24.3 Å². The summed E-state index contributed by atoms with van der Waals surface area (Å²) in [5, 5.41) is 10.2. The Bertz CT molecular complexity index is 873. The van der Waals surface area contributed by atoms with E-state index >= 15 is 0 Å². The van der Waals surface area contributed by atoms with E-state index in [0.717, 1.165) is 48.9 Å². The van der Waals surface area contributed by atoms with Crippen LogP contribution >= 0.6 is 34.6 Å². The maximum atomic E-state index is 12.2. The quantitative estimate of drug-likeness (QED) is 0.190. The Balaban J connectivity index is 0.000000633. The molecule has 0 bridgehead atoms. The number of alkyl halides is 3. The summed E-state index contributed by atoms with van der Waals surface area (Å²) < 4.78 is 47.9. The third-order valence-corrected chi connectivity index (χ3v) is 7.42. The van der Waals surface area contributed by atoms with E-state index in [4.69, 9.17) is 33.9 Å². The van der Waals surface area contributed by atoms with Gasteiger partial charge < -0.3 is 10.8 Å². The number of nitrogens with zero attached hydrogens (tertiary/aromatic N) is 2. The second-order valence-electron chi connectivity index (χ2n) is 8.98. The molecule has 0 unspecified atom stereocenters. The molecule has 0 spiro atoms. The van der Waals surface area contributed by atoms with Crippen LogP contribution in [0.15, 0.2) is 65.7 Å². The molecule has 0 heterocycles. The third kappa shape index (κ3) is 14.5. The zero-order chi connectivity index (χ0) is 29.3. The Morgan fingerprint density at radius 3 is 1.60 bits per heavy atom. The highest BCUT2D eigenvalue weighted by molar-refractivity contribution is 8.18. The van der Waals surface area contributed by atoms with Crippen molar-refractivity contribution in [2.75, 3.05) is 18.4 Å². The molecule has 4 atom stereocenters. The van der Waals surface area contributed by atoms with Crippen LogP contribution < -0.4 is 5.73 Å². The number of hydrogen-bond donors (Lipinski definition) is 2. The SMILES string of the molecule is C.CCN(CC)S(F)(F)F.ClCCl.N[C@@H]1CCC[C@@H]1F.O[C@@H]1CCC[C@H]1N=C(c1ccccc1)c1ccccc1. The number of rotatable bonds is 6. The average molecular weight is 631 g/mol. The summed E-state index contributed by atoms with van der Waals surface area (Å²) in [6.45, 7) is 3.14. The van der Waals surface area contributed by atoms with Crippen LogP contribution in [0.2, 0.25) is 0 Å². The molecule has 4 nitrogen and oxygen atoms in total. The van der Waals surface area contributed by atoms with Gasteiger partial charge in [-0.2, -0.15) is 4.31 Å². The molecule has 11 heteroatoms. The number of hydrogen-bond acceptors (Lipinski definition) is 4. The van der Waals surface area contributed by atoms with Crippen molar-refractivity contribution < 1.29 is 21.2 Å². The molecule has 230 valence electrons. The van der Waals surface area contributed by atoms with E-state index < -0.39 is 17.5 Å². The van der Waals surface area contributed by atoms with Crippen molar-refractivity contribution >= 4 is 40.3 Å². The summed E-state index contributed by atoms with van der Waals surface area (Å²) in [7, 11) is 0. The van der Waals surface area contributed by atoms with Crippen molar-refractivity contribution in [2.45, 2.75) is 84.2 Å². The monoisotopic (exact) mass is 629 g/mol.